The van der Waals surface area contributed by atoms with E-state index >= 15 is 0 Å². The molecule has 0 bridgehead atoms. The molecule has 0 saturated carbocycles. The monoisotopic (exact) mass is 459 g/mol. The molecule has 1 amide bonds. The number of phenols is 1. The Bertz CT molecular complexity index is 986. The number of phenolic OH excluding ortho intramolecular Hbond substituents is 1. The van der Waals surface area contributed by atoms with E-state index in [1.807, 2.05) is 13.8 Å². The molecule has 0 spiro atoms. The van der Waals surface area contributed by atoms with Gasteiger partial charge in [0.25, 0.3) is 5.91 Å². The Kier molecular flexibility index (Phi) is 9.84. The van der Waals surface area contributed by atoms with Crippen LogP contribution in [0.25, 0.3) is 11.1 Å². The molecular weight excluding hydrogens is 430 g/mol. The lowest BCUT2D eigenvalue weighted by Gasteiger charge is -2.15. The van der Waals surface area contributed by atoms with Crippen molar-refractivity contribution in [2.24, 2.45) is 5.92 Å². The third-order valence-electron chi connectivity index (χ3n) is 4.58. The van der Waals surface area contributed by atoms with Crippen molar-refractivity contribution in [2.45, 2.75) is 13.8 Å². The van der Waals surface area contributed by atoms with E-state index in [4.69, 9.17) is 18.9 Å². The van der Waals surface area contributed by atoms with Crippen LogP contribution in [0.3, 0.4) is 0 Å². The van der Waals surface area contributed by atoms with Crippen LogP contribution in [-0.4, -0.2) is 63.7 Å². The number of rotatable bonds is 11. The van der Waals surface area contributed by atoms with Crippen molar-refractivity contribution >= 4 is 17.8 Å². The third-order valence-corrected chi connectivity index (χ3v) is 4.58. The Balaban J connectivity index is 2.41. The molecule has 0 aliphatic carbocycles. The molecule has 2 aromatic carbocycles. The number of hydrogen-bond donors (Lipinski definition) is 2. The molecule has 9 nitrogen and oxygen atoms in total. The molecule has 178 valence electrons. The SMILES string of the molecule is COCCOCOC(=O)c1cc(O)ccc1-c1ccc(C(=O)NCC(C)C)cc1C(=O)OC. The standard InChI is InChI=1S/C24H29NO8/c1-15(2)13-25-22(27)16-5-7-18(20(11-16)23(28)31-4)19-8-6-17(26)12-21(19)24(29)33-14-32-10-9-30-3/h5-8,11-12,15,26H,9-10,13-14H2,1-4H3,(H,25,27). The summed E-state index contributed by atoms with van der Waals surface area (Å²) in [5.74, 6) is -1.67. The third kappa shape index (κ3) is 7.30. The summed E-state index contributed by atoms with van der Waals surface area (Å²) in [6.07, 6.45) is 0. The summed E-state index contributed by atoms with van der Waals surface area (Å²) in [5.41, 5.74) is 1.05. The van der Waals surface area contributed by atoms with Crippen LogP contribution in [0.1, 0.15) is 44.9 Å². The number of hydrogen-bond acceptors (Lipinski definition) is 8. The topological polar surface area (TPSA) is 120 Å². The molecule has 0 radical (unpaired) electrons. The van der Waals surface area contributed by atoms with Gasteiger partial charge >= 0.3 is 11.9 Å². The Hall–Kier alpha value is -3.43. The van der Waals surface area contributed by atoms with Crippen molar-refractivity contribution in [3.63, 3.8) is 0 Å². The van der Waals surface area contributed by atoms with Crippen LogP contribution in [0, 0.1) is 5.92 Å². The fraction of sp³-hybridized carbons (Fsp3) is 0.375. The van der Waals surface area contributed by atoms with Crippen molar-refractivity contribution in [2.75, 3.05) is 40.8 Å². The van der Waals surface area contributed by atoms with Gasteiger partial charge in [0.2, 0.25) is 0 Å². The van der Waals surface area contributed by atoms with Crippen LogP contribution < -0.4 is 5.32 Å². The molecule has 0 unspecified atom stereocenters. The second-order valence-electron chi connectivity index (χ2n) is 7.54. The lowest BCUT2D eigenvalue weighted by molar-refractivity contribution is -0.0435. The van der Waals surface area contributed by atoms with E-state index in [0.29, 0.717) is 24.3 Å². The minimum absolute atomic E-state index is 0.0208. The molecule has 0 aromatic heterocycles. The van der Waals surface area contributed by atoms with Crippen LogP contribution in [0.2, 0.25) is 0 Å². The van der Waals surface area contributed by atoms with Crippen molar-refractivity contribution in [1.29, 1.82) is 0 Å². The maximum absolute atomic E-state index is 12.7. The normalized spacial score (nSPS) is 10.7. The summed E-state index contributed by atoms with van der Waals surface area (Å²) >= 11 is 0. The lowest BCUT2D eigenvalue weighted by atomic mass is 9.93. The van der Waals surface area contributed by atoms with Crippen LogP contribution in [0.4, 0.5) is 0 Å². The predicted octanol–water partition coefficient (Wildman–Crippen LogP) is 3.01. The summed E-state index contributed by atoms with van der Waals surface area (Å²) < 4.78 is 20.0. The first-order chi connectivity index (χ1) is 15.8. The average Bonchev–Trinajstić information content (AvgIpc) is 2.81. The Labute approximate surface area is 192 Å². The summed E-state index contributed by atoms with van der Waals surface area (Å²) in [7, 11) is 2.74. The molecule has 0 saturated heterocycles. The Morgan fingerprint density at radius 1 is 0.939 bits per heavy atom. The van der Waals surface area contributed by atoms with E-state index in [9.17, 15) is 19.5 Å². The highest BCUT2D eigenvalue weighted by molar-refractivity contribution is 6.05. The van der Waals surface area contributed by atoms with Crippen molar-refractivity contribution < 1.29 is 38.4 Å². The molecule has 0 heterocycles. The minimum Gasteiger partial charge on any atom is -0.508 e. The zero-order chi connectivity index (χ0) is 24.4. The van der Waals surface area contributed by atoms with Gasteiger partial charge in [-0.1, -0.05) is 19.9 Å². The average molecular weight is 459 g/mol. The summed E-state index contributed by atoms with van der Waals surface area (Å²) in [6.45, 7) is 4.69. The molecular formula is C24H29NO8. The molecule has 2 rings (SSSR count). The van der Waals surface area contributed by atoms with E-state index in [1.165, 1.54) is 38.5 Å². The highest BCUT2D eigenvalue weighted by atomic mass is 16.7. The number of benzene rings is 2. The van der Waals surface area contributed by atoms with E-state index in [1.54, 1.807) is 12.1 Å². The first-order valence-corrected chi connectivity index (χ1v) is 10.4. The lowest BCUT2D eigenvalue weighted by Crippen LogP contribution is -2.27. The fourth-order valence-electron chi connectivity index (χ4n) is 2.91. The van der Waals surface area contributed by atoms with Crippen LogP contribution in [-0.2, 0) is 18.9 Å². The number of esters is 2. The number of amides is 1. The number of ether oxygens (including phenoxy) is 4. The number of nitrogens with one attached hydrogen (secondary N) is 1. The number of aromatic hydroxyl groups is 1. The van der Waals surface area contributed by atoms with Gasteiger partial charge in [0.05, 0.1) is 31.5 Å². The van der Waals surface area contributed by atoms with Crippen LogP contribution in [0.5, 0.6) is 5.75 Å². The first-order valence-electron chi connectivity index (χ1n) is 10.4. The zero-order valence-electron chi connectivity index (χ0n) is 19.2. The van der Waals surface area contributed by atoms with Gasteiger partial charge in [-0.05, 0) is 47.4 Å². The van der Waals surface area contributed by atoms with Crippen molar-refractivity contribution in [1.82, 2.24) is 5.32 Å². The number of carbonyl (C=O) groups is 3. The van der Waals surface area contributed by atoms with Crippen molar-refractivity contribution in [3.8, 4) is 16.9 Å². The maximum atomic E-state index is 12.7. The first kappa shape index (κ1) is 25.8. The minimum atomic E-state index is -0.757. The quantitative estimate of drug-likeness (QED) is 0.299. The van der Waals surface area contributed by atoms with Crippen LogP contribution >= 0.6 is 0 Å². The molecule has 2 N–H and O–H groups in total. The maximum Gasteiger partial charge on any atom is 0.341 e. The molecule has 33 heavy (non-hydrogen) atoms. The highest BCUT2D eigenvalue weighted by Crippen LogP contribution is 2.31. The van der Waals surface area contributed by atoms with Gasteiger partial charge in [0, 0.05) is 19.2 Å². The van der Waals surface area contributed by atoms with E-state index in [2.05, 4.69) is 5.32 Å². The van der Waals surface area contributed by atoms with Crippen LogP contribution in [0.15, 0.2) is 36.4 Å². The van der Waals surface area contributed by atoms with Gasteiger partial charge in [0.15, 0.2) is 6.79 Å². The van der Waals surface area contributed by atoms with E-state index < -0.39 is 11.9 Å². The predicted molar refractivity (Wildman–Crippen MR) is 120 cm³/mol. The highest BCUT2D eigenvalue weighted by Gasteiger charge is 2.22. The smallest absolute Gasteiger partial charge is 0.341 e. The largest absolute Gasteiger partial charge is 0.508 e. The van der Waals surface area contributed by atoms with Gasteiger partial charge in [-0.3, -0.25) is 4.79 Å². The van der Waals surface area contributed by atoms with E-state index in [-0.39, 0.29) is 47.7 Å². The van der Waals surface area contributed by atoms with Gasteiger partial charge in [-0.25, -0.2) is 9.59 Å². The molecule has 0 aliphatic rings. The van der Waals surface area contributed by atoms with Crippen molar-refractivity contribution in [3.05, 3.63) is 53.1 Å². The summed E-state index contributed by atoms with van der Waals surface area (Å²) in [5, 5.41) is 12.7. The van der Waals surface area contributed by atoms with Gasteiger partial charge in [-0.2, -0.15) is 0 Å². The fourth-order valence-corrected chi connectivity index (χ4v) is 2.91. The number of methoxy groups -OCH3 is 2. The molecule has 2 aromatic rings. The molecule has 0 fully saturated rings. The Morgan fingerprint density at radius 3 is 2.24 bits per heavy atom. The second-order valence-corrected chi connectivity index (χ2v) is 7.54. The van der Waals surface area contributed by atoms with E-state index in [0.717, 1.165) is 0 Å². The Morgan fingerprint density at radius 2 is 1.61 bits per heavy atom. The molecule has 0 aliphatic heterocycles. The summed E-state index contributed by atoms with van der Waals surface area (Å²) in [6, 6.07) is 8.61. The second kappa shape index (κ2) is 12.6. The van der Waals surface area contributed by atoms with Gasteiger partial charge < -0.3 is 29.4 Å². The van der Waals surface area contributed by atoms with Gasteiger partial charge in [-0.15, -0.1) is 0 Å². The molecule has 9 heteroatoms. The number of carbonyl (C=O) groups excluding carboxylic acids is 3. The van der Waals surface area contributed by atoms with Gasteiger partial charge in [0.1, 0.15) is 5.75 Å². The summed E-state index contributed by atoms with van der Waals surface area (Å²) in [4.78, 5) is 37.7. The molecule has 0 atom stereocenters. The zero-order valence-corrected chi connectivity index (χ0v) is 19.2.